The lowest BCUT2D eigenvalue weighted by atomic mass is 10.1. The molecule has 1 aromatic heterocycles. The van der Waals surface area contributed by atoms with Gasteiger partial charge in [-0.1, -0.05) is 48.0 Å². The number of benzene rings is 2. The van der Waals surface area contributed by atoms with E-state index in [9.17, 15) is 9.59 Å². The van der Waals surface area contributed by atoms with E-state index >= 15 is 0 Å². The fourth-order valence-corrected chi connectivity index (χ4v) is 2.55. The molecule has 1 amide bonds. The molecule has 3 aromatic rings. The lowest BCUT2D eigenvalue weighted by Gasteiger charge is -2.14. The van der Waals surface area contributed by atoms with Gasteiger partial charge in [0.2, 0.25) is 0 Å². The first kappa shape index (κ1) is 15.0. The lowest BCUT2D eigenvalue weighted by molar-refractivity contribution is 0.0935. The molecular formula is C19H18N2O2. The Balaban J connectivity index is 1.85. The molecule has 0 aliphatic carbocycles. The summed E-state index contributed by atoms with van der Waals surface area (Å²) >= 11 is 0. The summed E-state index contributed by atoms with van der Waals surface area (Å²) in [5.74, 6) is -0.291. The highest BCUT2D eigenvalue weighted by atomic mass is 16.2. The summed E-state index contributed by atoms with van der Waals surface area (Å²) in [6, 6.07) is 16.8. The van der Waals surface area contributed by atoms with Crippen LogP contribution in [0, 0.1) is 6.92 Å². The molecule has 1 unspecified atom stereocenters. The fourth-order valence-electron chi connectivity index (χ4n) is 2.55. The van der Waals surface area contributed by atoms with E-state index in [-0.39, 0.29) is 23.2 Å². The lowest BCUT2D eigenvalue weighted by Crippen LogP contribution is -2.29. The summed E-state index contributed by atoms with van der Waals surface area (Å²) in [5, 5.41) is 4.25. The average Bonchev–Trinajstić information content (AvgIpc) is 2.55. The van der Waals surface area contributed by atoms with Gasteiger partial charge in [0.25, 0.3) is 11.5 Å². The molecule has 2 aromatic carbocycles. The first-order chi connectivity index (χ1) is 11.0. The molecular weight excluding hydrogens is 288 g/mol. The van der Waals surface area contributed by atoms with Crippen LogP contribution < -0.4 is 10.9 Å². The smallest absolute Gasteiger partial charge is 0.268 e. The molecule has 23 heavy (non-hydrogen) atoms. The second kappa shape index (κ2) is 6.08. The zero-order valence-electron chi connectivity index (χ0n) is 13.1. The predicted molar refractivity (Wildman–Crippen MR) is 91.6 cm³/mol. The highest BCUT2D eigenvalue weighted by Gasteiger charge is 2.13. The van der Waals surface area contributed by atoms with Gasteiger partial charge >= 0.3 is 0 Å². The number of pyridine rings is 1. The number of carbonyl (C=O) groups excluding carboxylic acids is 1. The van der Waals surface area contributed by atoms with Gasteiger partial charge in [0.1, 0.15) is 5.69 Å². The average molecular weight is 306 g/mol. The zero-order valence-corrected chi connectivity index (χ0v) is 13.1. The van der Waals surface area contributed by atoms with Crippen molar-refractivity contribution in [2.75, 3.05) is 0 Å². The standard InChI is InChI=1S/C19H18N2O2/c1-12-7-9-14(10-8-12)13(2)20-19(23)17-11-15-5-3-4-6-16(15)18(22)21-17/h3-11,13H,1-2H3,(H,20,23)(H,21,22). The maximum atomic E-state index is 12.4. The topological polar surface area (TPSA) is 62.0 Å². The van der Waals surface area contributed by atoms with Crippen LogP contribution in [0.15, 0.2) is 59.4 Å². The monoisotopic (exact) mass is 306 g/mol. The van der Waals surface area contributed by atoms with E-state index in [0.717, 1.165) is 10.9 Å². The van der Waals surface area contributed by atoms with Crippen LogP contribution in [0.25, 0.3) is 10.8 Å². The first-order valence-electron chi connectivity index (χ1n) is 7.54. The minimum atomic E-state index is -0.291. The number of hydrogen-bond donors (Lipinski definition) is 2. The molecule has 4 heteroatoms. The Morgan fingerprint density at radius 3 is 2.52 bits per heavy atom. The highest BCUT2D eigenvalue weighted by molar-refractivity contribution is 5.96. The SMILES string of the molecule is Cc1ccc(C(C)NC(=O)c2cc3ccccc3c(=O)[nH]2)cc1. The van der Waals surface area contributed by atoms with Crippen LogP contribution in [-0.2, 0) is 0 Å². The molecule has 0 spiro atoms. The van der Waals surface area contributed by atoms with E-state index in [4.69, 9.17) is 0 Å². The molecule has 1 heterocycles. The number of aryl methyl sites for hydroxylation is 1. The minimum Gasteiger partial charge on any atom is -0.344 e. The molecule has 0 saturated heterocycles. The van der Waals surface area contributed by atoms with Gasteiger partial charge in [-0.05, 0) is 36.9 Å². The van der Waals surface area contributed by atoms with E-state index in [1.807, 2.05) is 50.2 Å². The van der Waals surface area contributed by atoms with Crippen LogP contribution in [0.2, 0.25) is 0 Å². The van der Waals surface area contributed by atoms with Gasteiger partial charge in [-0.25, -0.2) is 0 Å². The number of nitrogens with one attached hydrogen (secondary N) is 2. The third-order valence-electron chi connectivity index (χ3n) is 3.92. The number of rotatable bonds is 3. The number of fused-ring (bicyclic) bond motifs is 1. The number of aromatic nitrogens is 1. The molecule has 3 rings (SSSR count). The molecule has 1 atom stereocenters. The summed E-state index contributed by atoms with van der Waals surface area (Å²) in [7, 11) is 0. The van der Waals surface area contributed by atoms with Crippen LogP contribution in [-0.4, -0.2) is 10.9 Å². The molecule has 2 N–H and O–H groups in total. The Bertz CT molecular complexity index is 911. The molecule has 116 valence electrons. The van der Waals surface area contributed by atoms with Crippen molar-refractivity contribution < 1.29 is 4.79 Å². The molecule has 0 radical (unpaired) electrons. The first-order valence-corrected chi connectivity index (χ1v) is 7.54. The van der Waals surface area contributed by atoms with Crippen molar-refractivity contribution in [2.45, 2.75) is 19.9 Å². The van der Waals surface area contributed by atoms with Gasteiger partial charge in [0.15, 0.2) is 0 Å². The van der Waals surface area contributed by atoms with E-state index in [1.165, 1.54) is 5.56 Å². The Kier molecular flexibility index (Phi) is 3.98. The van der Waals surface area contributed by atoms with Gasteiger partial charge in [-0.15, -0.1) is 0 Å². The molecule has 0 aliphatic rings. The molecule has 0 aliphatic heterocycles. The van der Waals surface area contributed by atoms with Crippen molar-refractivity contribution in [3.8, 4) is 0 Å². The zero-order chi connectivity index (χ0) is 16.4. The summed E-state index contributed by atoms with van der Waals surface area (Å²) < 4.78 is 0. The third kappa shape index (κ3) is 3.16. The van der Waals surface area contributed by atoms with E-state index in [0.29, 0.717) is 5.39 Å². The van der Waals surface area contributed by atoms with Gasteiger partial charge < -0.3 is 10.3 Å². The van der Waals surface area contributed by atoms with E-state index in [1.54, 1.807) is 18.2 Å². The van der Waals surface area contributed by atoms with Crippen LogP contribution in [0.4, 0.5) is 0 Å². The molecule has 0 saturated carbocycles. The number of amides is 1. The number of aromatic amines is 1. The fraction of sp³-hybridized carbons (Fsp3) is 0.158. The largest absolute Gasteiger partial charge is 0.344 e. The summed E-state index contributed by atoms with van der Waals surface area (Å²) in [6.45, 7) is 3.94. The Hall–Kier alpha value is -2.88. The Morgan fingerprint density at radius 2 is 1.78 bits per heavy atom. The summed E-state index contributed by atoms with van der Waals surface area (Å²) in [5.41, 5.74) is 2.21. The number of hydrogen-bond acceptors (Lipinski definition) is 2. The van der Waals surface area contributed by atoms with Crippen molar-refractivity contribution in [1.29, 1.82) is 0 Å². The predicted octanol–water partition coefficient (Wildman–Crippen LogP) is 3.33. The summed E-state index contributed by atoms with van der Waals surface area (Å²) in [4.78, 5) is 27.1. The summed E-state index contributed by atoms with van der Waals surface area (Å²) in [6.07, 6.45) is 0. The van der Waals surface area contributed by atoms with Crippen LogP contribution in [0.1, 0.15) is 34.6 Å². The highest BCUT2D eigenvalue weighted by Crippen LogP contribution is 2.15. The van der Waals surface area contributed by atoms with Crippen LogP contribution in [0.5, 0.6) is 0 Å². The van der Waals surface area contributed by atoms with E-state index in [2.05, 4.69) is 10.3 Å². The van der Waals surface area contributed by atoms with Crippen molar-refractivity contribution in [2.24, 2.45) is 0 Å². The van der Waals surface area contributed by atoms with Crippen molar-refractivity contribution in [1.82, 2.24) is 10.3 Å². The number of carbonyl (C=O) groups is 1. The quantitative estimate of drug-likeness (QED) is 0.779. The Morgan fingerprint density at radius 1 is 1.09 bits per heavy atom. The van der Waals surface area contributed by atoms with Crippen molar-refractivity contribution in [3.05, 3.63) is 81.8 Å². The van der Waals surface area contributed by atoms with Crippen molar-refractivity contribution in [3.63, 3.8) is 0 Å². The molecule has 0 bridgehead atoms. The van der Waals surface area contributed by atoms with Gasteiger partial charge in [0.05, 0.1) is 6.04 Å². The molecule has 4 nitrogen and oxygen atoms in total. The van der Waals surface area contributed by atoms with Gasteiger partial charge in [0, 0.05) is 5.39 Å². The van der Waals surface area contributed by atoms with Crippen LogP contribution >= 0.6 is 0 Å². The minimum absolute atomic E-state index is 0.141. The van der Waals surface area contributed by atoms with Gasteiger partial charge in [-0.2, -0.15) is 0 Å². The van der Waals surface area contributed by atoms with Crippen LogP contribution in [0.3, 0.4) is 0 Å². The maximum absolute atomic E-state index is 12.4. The molecule has 0 fully saturated rings. The Labute approximate surface area is 134 Å². The maximum Gasteiger partial charge on any atom is 0.268 e. The van der Waals surface area contributed by atoms with Crippen molar-refractivity contribution >= 4 is 16.7 Å². The normalized spacial score (nSPS) is 12.1. The van der Waals surface area contributed by atoms with E-state index < -0.39 is 0 Å². The van der Waals surface area contributed by atoms with Gasteiger partial charge in [-0.3, -0.25) is 9.59 Å². The second-order valence-corrected chi connectivity index (χ2v) is 5.71. The third-order valence-corrected chi connectivity index (χ3v) is 3.92. The number of H-pyrrole nitrogens is 1. The second-order valence-electron chi connectivity index (χ2n) is 5.71.